The lowest BCUT2D eigenvalue weighted by molar-refractivity contribution is -0.122. The lowest BCUT2D eigenvalue weighted by atomic mass is 9.93. The van der Waals surface area contributed by atoms with Crippen molar-refractivity contribution in [2.75, 3.05) is 13.2 Å². The van der Waals surface area contributed by atoms with Crippen molar-refractivity contribution in [3.8, 4) is 0 Å². The highest BCUT2D eigenvalue weighted by Crippen LogP contribution is 2.26. The quantitative estimate of drug-likeness (QED) is 0.762. The summed E-state index contributed by atoms with van der Waals surface area (Å²) in [5, 5.41) is 3.08. The van der Waals surface area contributed by atoms with Gasteiger partial charge in [0.25, 0.3) is 0 Å². The molecule has 1 heterocycles. The standard InChI is InChI=1S/C15H25NO2/c1-11(2)15-13(7-8-18-15)10-16-14(17)9-12-5-3-4-6-12/h3,5,11-13,15H,4,6-10H2,1-2H3,(H,16,17)/t12-,13-,15-/m0/s1. The van der Waals surface area contributed by atoms with Crippen molar-refractivity contribution in [3.05, 3.63) is 12.2 Å². The van der Waals surface area contributed by atoms with E-state index in [1.807, 2.05) is 0 Å². The van der Waals surface area contributed by atoms with E-state index in [0.717, 1.165) is 32.4 Å². The summed E-state index contributed by atoms with van der Waals surface area (Å²) in [4.78, 5) is 11.8. The molecule has 0 unspecified atom stereocenters. The lowest BCUT2D eigenvalue weighted by Crippen LogP contribution is -2.35. The molecule has 1 aliphatic heterocycles. The van der Waals surface area contributed by atoms with Crippen molar-refractivity contribution in [1.82, 2.24) is 5.32 Å². The maximum absolute atomic E-state index is 11.8. The van der Waals surface area contributed by atoms with E-state index in [1.54, 1.807) is 0 Å². The average molecular weight is 251 g/mol. The molecule has 0 radical (unpaired) electrons. The Balaban J connectivity index is 1.70. The number of ether oxygens (including phenoxy) is 1. The van der Waals surface area contributed by atoms with Crippen molar-refractivity contribution < 1.29 is 9.53 Å². The van der Waals surface area contributed by atoms with Gasteiger partial charge in [-0.1, -0.05) is 26.0 Å². The van der Waals surface area contributed by atoms with Crippen LogP contribution < -0.4 is 5.32 Å². The molecular formula is C15H25NO2. The van der Waals surface area contributed by atoms with Gasteiger partial charge in [-0.2, -0.15) is 0 Å². The highest BCUT2D eigenvalue weighted by molar-refractivity contribution is 5.76. The number of rotatable bonds is 5. The monoisotopic (exact) mass is 251 g/mol. The van der Waals surface area contributed by atoms with Crippen LogP contribution in [0.1, 0.15) is 39.5 Å². The van der Waals surface area contributed by atoms with E-state index in [2.05, 4.69) is 31.3 Å². The van der Waals surface area contributed by atoms with Crippen LogP contribution in [0.3, 0.4) is 0 Å². The van der Waals surface area contributed by atoms with Crippen LogP contribution >= 0.6 is 0 Å². The van der Waals surface area contributed by atoms with Gasteiger partial charge >= 0.3 is 0 Å². The zero-order chi connectivity index (χ0) is 13.0. The molecule has 18 heavy (non-hydrogen) atoms. The van der Waals surface area contributed by atoms with Gasteiger partial charge in [0, 0.05) is 25.5 Å². The van der Waals surface area contributed by atoms with Crippen LogP contribution in [0.25, 0.3) is 0 Å². The summed E-state index contributed by atoms with van der Waals surface area (Å²) in [6, 6.07) is 0. The Hall–Kier alpha value is -0.830. The maximum Gasteiger partial charge on any atom is 0.220 e. The SMILES string of the molecule is CC(C)[C@@H]1OCC[C@H]1CNC(=O)C[C@H]1C=CCC1. The summed E-state index contributed by atoms with van der Waals surface area (Å²) < 4.78 is 5.73. The minimum atomic E-state index is 0.195. The molecule has 1 amide bonds. The number of carbonyl (C=O) groups excluding carboxylic acids is 1. The van der Waals surface area contributed by atoms with Gasteiger partial charge in [-0.25, -0.2) is 0 Å². The molecule has 0 saturated carbocycles. The Kier molecular flexibility index (Phi) is 4.81. The summed E-state index contributed by atoms with van der Waals surface area (Å²) in [7, 11) is 0. The first-order chi connectivity index (χ1) is 8.66. The van der Waals surface area contributed by atoms with Crippen LogP contribution in [-0.4, -0.2) is 25.2 Å². The molecule has 0 aromatic heterocycles. The minimum Gasteiger partial charge on any atom is -0.378 e. The average Bonchev–Trinajstić information content (AvgIpc) is 2.96. The minimum absolute atomic E-state index is 0.195. The van der Waals surface area contributed by atoms with E-state index in [0.29, 0.717) is 30.3 Å². The molecule has 0 spiro atoms. The highest BCUT2D eigenvalue weighted by atomic mass is 16.5. The van der Waals surface area contributed by atoms with Gasteiger partial charge in [0.15, 0.2) is 0 Å². The lowest BCUT2D eigenvalue weighted by Gasteiger charge is -2.22. The number of nitrogens with one attached hydrogen (secondary N) is 1. The van der Waals surface area contributed by atoms with Crippen molar-refractivity contribution in [3.63, 3.8) is 0 Å². The zero-order valence-corrected chi connectivity index (χ0v) is 11.5. The largest absolute Gasteiger partial charge is 0.378 e. The smallest absolute Gasteiger partial charge is 0.220 e. The van der Waals surface area contributed by atoms with Crippen LogP contribution in [0.5, 0.6) is 0 Å². The number of hydrogen-bond acceptors (Lipinski definition) is 2. The molecule has 0 aromatic carbocycles. The van der Waals surface area contributed by atoms with E-state index in [-0.39, 0.29) is 5.91 Å². The van der Waals surface area contributed by atoms with Crippen LogP contribution in [0.2, 0.25) is 0 Å². The topological polar surface area (TPSA) is 38.3 Å². The molecular weight excluding hydrogens is 226 g/mol. The molecule has 0 bridgehead atoms. The Morgan fingerprint density at radius 3 is 2.94 bits per heavy atom. The summed E-state index contributed by atoms with van der Waals surface area (Å²) in [5.41, 5.74) is 0. The Labute approximate surface area is 110 Å². The molecule has 1 aliphatic carbocycles. The first-order valence-corrected chi connectivity index (χ1v) is 7.21. The van der Waals surface area contributed by atoms with E-state index < -0.39 is 0 Å². The maximum atomic E-state index is 11.8. The fraction of sp³-hybridized carbons (Fsp3) is 0.800. The van der Waals surface area contributed by atoms with E-state index in [4.69, 9.17) is 4.74 Å². The van der Waals surface area contributed by atoms with E-state index in [9.17, 15) is 4.79 Å². The number of hydrogen-bond donors (Lipinski definition) is 1. The molecule has 3 heteroatoms. The van der Waals surface area contributed by atoms with Gasteiger partial charge in [0.2, 0.25) is 5.91 Å². The number of amides is 1. The predicted molar refractivity (Wildman–Crippen MR) is 72.2 cm³/mol. The van der Waals surface area contributed by atoms with Gasteiger partial charge in [0.05, 0.1) is 6.10 Å². The van der Waals surface area contributed by atoms with Gasteiger partial charge in [0.1, 0.15) is 0 Å². The van der Waals surface area contributed by atoms with Crippen molar-refractivity contribution >= 4 is 5.91 Å². The predicted octanol–water partition coefficient (Wildman–Crippen LogP) is 2.52. The summed E-state index contributed by atoms with van der Waals surface area (Å²) >= 11 is 0. The summed E-state index contributed by atoms with van der Waals surface area (Å²) in [5.74, 6) is 1.69. The second-order valence-corrected chi connectivity index (χ2v) is 5.90. The third-order valence-corrected chi connectivity index (χ3v) is 4.04. The van der Waals surface area contributed by atoms with Crippen molar-refractivity contribution in [2.24, 2.45) is 17.8 Å². The number of allylic oxidation sites excluding steroid dienone is 2. The summed E-state index contributed by atoms with van der Waals surface area (Å²) in [6.45, 7) is 6.00. The second kappa shape index (κ2) is 6.37. The van der Waals surface area contributed by atoms with E-state index in [1.165, 1.54) is 0 Å². The van der Waals surface area contributed by atoms with Crippen LogP contribution in [-0.2, 0) is 9.53 Å². The molecule has 3 atom stereocenters. The Morgan fingerprint density at radius 2 is 2.28 bits per heavy atom. The third-order valence-electron chi connectivity index (χ3n) is 4.04. The molecule has 2 rings (SSSR count). The van der Waals surface area contributed by atoms with Crippen molar-refractivity contribution in [2.45, 2.75) is 45.6 Å². The van der Waals surface area contributed by atoms with Gasteiger partial charge in [-0.05, 0) is 31.1 Å². The Morgan fingerprint density at radius 1 is 1.44 bits per heavy atom. The first-order valence-electron chi connectivity index (χ1n) is 7.21. The molecule has 102 valence electrons. The van der Waals surface area contributed by atoms with Crippen LogP contribution in [0.15, 0.2) is 12.2 Å². The normalized spacial score (nSPS) is 31.2. The second-order valence-electron chi connectivity index (χ2n) is 5.90. The third kappa shape index (κ3) is 3.58. The molecule has 2 aliphatic rings. The van der Waals surface area contributed by atoms with Gasteiger partial charge < -0.3 is 10.1 Å². The van der Waals surface area contributed by atoms with E-state index >= 15 is 0 Å². The number of carbonyl (C=O) groups is 1. The van der Waals surface area contributed by atoms with Crippen LogP contribution in [0, 0.1) is 17.8 Å². The fourth-order valence-electron chi connectivity index (χ4n) is 3.03. The molecule has 1 N–H and O–H groups in total. The first kappa shape index (κ1) is 13.6. The Bertz CT molecular complexity index is 312. The highest BCUT2D eigenvalue weighted by Gasteiger charge is 2.30. The molecule has 3 nitrogen and oxygen atoms in total. The van der Waals surface area contributed by atoms with Crippen LogP contribution in [0.4, 0.5) is 0 Å². The van der Waals surface area contributed by atoms with Gasteiger partial charge in [-0.15, -0.1) is 0 Å². The van der Waals surface area contributed by atoms with Crippen molar-refractivity contribution in [1.29, 1.82) is 0 Å². The van der Waals surface area contributed by atoms with Gasteiger partial charge in [-0.3, -0.25) is 4.79 Å². The fourth-order valence-corrected chi connectivity index (χ4v) is 3.03. The summed E-state index contributed by atoms with van der Waals surface area (Å²) in [6.07, 6.45) is 8.66. The molecule has 1 saturated heterocycles. The molecule has 1 fully saturated rings. The zero-order valence-electron chi connectivity index (χ0n) is 11.5. The molecule has 0 aromatic rings.